The fourth-order valence-electron chi connectivity index (χ4n) is 3.99. The van der Waals surface area contributed by atoms with Crippen molar-refractivity contribution in [3.8, 4) is 5.75 Å². The highest BCUT2D eigenvalue weighted by Gasteiger charge is 2.11. The number of benzene rings is 3. The molecule has 0 atom stereocenters. The molecule has 0 aliphatic carbocycles. The number of unbranched alkanes of at least 4 members (excludes halogenated alkanes) is 1. The van der Waals surface area contributed by atoms with Crippen LogP contribution in [0.1, 0.15) is 41.0 Å². The van der Waals surface area contributed by atoms with Crippen LogP contribution < -0.4 is 10.1 Å². The lowest BCUT2D eigenvalue weighted by Crippen LogP contribution is -2.25. The summed E-state index contributed by atoms with van der Waals surface area (Å²) < 4.78 is 21.2. The van der Waals surface area contributed by atoms with Crippen LogP contribution in [-0.2, 0) is 13.0 Å². The second-order valence-electron chi connectivity index (χ2n) is 8.50. The zero-order chi connectivity index (χ0) is 24.6. The van der Waals surface area contributed by atoms with Crippen molar-refractivity contribution in [2.75, 3.05) is 13.2 Å². The van der Waals surface area contributed by atoms with Gasteiger partial charge in [-0.05, 0) is 86.3 Å². The molecular formula is C28H29ClFN3O2. The van der Waals surface area contributed by atoms with Gasteiger partial charge in [-0.2, -0.15) is 0 Å². The highest BCUT2D eigenvalue weighted by atomic mass is 35.5. The second-order valence-corrected chi connectivity index (χ2v) is 8.91. The molecule has 4 aromatic rings. The summed E-state index contributed by atoms with van der Waals surface area (Å²) in [5, 5.41) is 3.64. The Morgan fingerprint density at radius 3 is 2.66 bits per heavy atom. The number of carbonyl (C=O) groups excluding carboxylic acids is 1. The van der Waals surface area contributed by atoms with Gasteiger partial charge in [-0.25, -0.2) is 9.37 Å². The van der Waals surface area contributed by atoms with Gasteiger partial charge >= 0.3 is 0 Å². The maximum atomic E-state index is 13.1. The monoisotopic (exact) mass is 493 g/mol. The number of hydrogen-bond acceptors (Lipinski definition) is 3. The molecule has 1 heterocycles. The molecule has 35 heavy (non-hydrogen) atoms. The zero-order valence-corrected chi connectivity index (χ0v) is 20.5. The first-order valence-electron chi connectivity index (χ1n) is 11.9. The van der Waals surface area contributed by atoms with Crippen LogP contribution in [0.5, 0.6) is 5.75 Å². The predicted molar refractivity (Wildman–Crippen MR) is 138 cm³/mol. The van der Waals surface area contributed by atoms with E-state index >= 15 is 0 Å². The first-order valence-corrected chi connectivity index (χ1v) is 12.3. The molecule has 0 aliphatic rings. The lowest BCUT2D eigenvalue weighted by molar-refractivity contribution is 0.0953. The fourth-order valence-corrected chi connectivity index (χ4v) is 4.10. The Morgan fingerprint density at radius 1 is 1.06 bits per heavy atom. The maximum Gasteiger partial charge on any atom is 0.251 e. The van der Waals surface area contributed by atoms with Gasteiger partial charge in [-0.1, -0.05) is 23.7 Å². The van der Waals surface area contributed by atoms with Crippen LogP contribution in [0.3, 0.4) is 0 Å². The van der Waals surface area contributed by atoms with Gasteiger partial charge in [-0.3, -0.25) is 4.79 Å². The Hall–Kier alpha value is -3.38. The van der Waals surface area contributed by atoms with E-state index in [1.165, 1.54) is 24.3 Å². The molecule has 3 aromatic carbocycles. The van der Waals surface area contributed by atoms with Crippen LogP contribution in [0.2, 0.25) is 5.02 Å². The van der Waals surface area contributed by atoms with Gasteiger partial charge in [0.1, 0.15) is 17.4 Å². The van der Waals surface area contributed by atoms with E-state index in [1.54, 1.807) is 0 Å². The number of halogens is 2. The van der Waals surface area contributed by atoms with Crippen LogP contribution in [-0.4, -0.2) is 28.6 Å². The lowest BCUT2D eigenvalue weighted by atomic mass is 10.2. The molecule has 0 unspecified atom stereocenters. The average Bonchev–Trinajstić information content (AvgIpc) is 3.21. The first-order chi connectivity index (χ1) is 17.0. The van der Waals surface area contributed by atoms with Gasteiger partial charge in [0.2, 0.25) is 0 Å². The third-order valence-electron chi connectivity index (χ3n) is 5.88. The summed E-state index contributed by atoms with van der Waals surface area (Å²) in [5.74, 6) is 1.29. The van der Waals surface area contributed by atoms with Crippen LogP contribution in [0, 0.1) is 12.7 Å². The number of nitrogens with zero attached hydrogens (tertiary/aromatic N) is 2. The lowest BCUT2D eigenvalue weighted by Gasteiger charge is -2.11. The van der Waals surface area contributed by atoms with Crippen molar-refractivity contribution in [2.45, 2.75) is 39.2 Å². The van der Waals surface area contributed by atoms with Gasteiger partial charge < -0.3 is 14.6 Å². The van der Waals surface area contributed by atoms with Gasteiger partial charge in [-0.15, -0.1) is 0 Å². The van der Waals surface area contributed by atoms with Gasteiger partial charge in [0.15, 0.2) is 0 Å². The van der Waals surface area contributed by atoms with E-state index in [0.717, 1.165) is 65.4 Å². The molecule has 0 saturated heterocycles. The third-order valence-corrected chi connectivity index (χ3v) is 6.30. The molecule has 0 radical (unpaired) electrons. The molecular weight excluding hydrogens is 465 g/mol. The zero-order valence-electron chi connectivity index (χ0n) is 19.8. The van der Waals surface area contributed by atoms with Crippen molar-refractivity contribution in [1.82, 2.24) is 14.9 Å². The Labute approximate surface area is 209 Å². The minimum Gasteiger partial charge on any atom is -0.494 e. The molecule has 5 nitrogen and oxygen atoms in total. The van der Waals surface area contributed by atoms with Gasteiger partial charge in [0, 0.05) is 30.1 Å². The number of fused-ring (bicyclic) bond motifs is 1. The topological polar surface area (TPSA) is 56.1 Å². The van der Waals surface area contributed by atoms with Gasteiger partial charge in [0.05, 0.1) is 17.6 Å². The molecule has 4 rings (SSSR count). The Balaban J connectivity index is 1.28. The fraction of sp³-hybridized carbons (Fsp3) is 0.286. The van der Waals surface area contributed by atoms with E-state index in [-0.39, 0.29) is 11.7 Å². The standard InChI is InChI=1S/C28H29ClFN3O2/c1-20-19-23(14-15-24(20)29)35-18-5-4-17-33-26-8-3-2-7-25(26)32-27(33)9-6-16-31-28(34)21-10-12-22(30)13-11-21/h2-3,7-8,10-15,19H,4-6,9,16-18H2,1H3,(H,31,34). The summed E-state index contributed by atoms with van der Waals surface area (Å²) in [4.78, 5) is 17.1. The molecule has 0 saturated carbocycles. The Kier molecular flexibility index (Phi) is 8.37. The molecule has 0 fully saturated rings. The smallest absolute Gasteiger partial charge is 0.251 e. The summed E-state index contributed by atoms with van der Waals surface area (Å²) >= 11 is 6.08. The van der Waals surface area contributed by atoms with Crippen molar-refractivity contribution in [2.24, 2.45) is 0 Å². The largest absolute Gasteiger partial charge is 0.494 e. The number of para-hydroxylation sites is 2. The molecule has 0 bridgehead atoms. The van der Waals surface area contributed by atoms with Gasteiger partial charge in [0.25, 0.3) is 5.91 Å². The Bertz CT molecular complexity index is 1290. The summed E-state index contributed by atoms with van der Waals surface area (Å²) in [7, 11) is 0. The highest BCUT2D eigenvalue weighted by Crippen LogP contribution is 2.22. The molecule has 7 heteroatoms. The number of nitrogens with one attached hydrogen (secondary N) is 1. The third kappa shape index (κ3) is 6.61. The van der Waals surface area contributed by atoms with Crippen molar-refractivity contribution in [1.29, 1.82) is 0 Å². The predicted octanol–water partition coefficient (Wildman–Crippen LogP) is 6.36. The second kappa shape index (κ2) is 11.8. The van der Waals surface area contributed by atoms with Crippen LogP contribution >= 0.6 is 11.6 Å². The van der Waals surface area contributed by atoms with Crippen molar-refractivity contribution in [3.05, 3.63) is 94.5 Å². The van der Waals surface area contributed by atoms with Crippen LogP contribution in [0.15, 0.2) is 66.7 Å². The first kappa shape index (κ1) is 24.7. The molecule has 1 N–H and O–H groups in total. The summed E-state index contributed by atoms with van der Waals surface area (Å²) in [5.41, 5.74) is 3.56. The average molecular weight is 494 g/mol. The summed E-state index contributed by atoms with van der Waals surface area (Å²) in [6.07, 6.45) is 3.39. The molecule has 0 spiro atoms. The van der Waals surface area contributed by atoms with Crippen molar-refractivity contribution >= 4 is 28.5 Å². The molecule has 0 aliphatic heterocycles. The number of aryl methyl sites for hydroxylation is 3. The molecule has 1 aromatic heterocycles. The van der Waals surface area contributed by atoms with E-state index < -0.39 is 0 Å². The number of amides is 1. The minimum absolute atomic E-state index is 0.200. The molecule has 182 valence electrons. The summed E-state index contributed by atoms with van der Waals surface area (Å²) in [6, 6.07) is 19.4. The maximum absolute atomic E-state index is 13.1. The van der Waals surface area contributed by atoms with E-state index in [0.29, 0.717) is 18.7 Å². The summed E-state index contributed by atoms with van der Waals surface area (Å²) in [6.45, 7) is 3.97. The normalized spacial score (nSPS) is 11.1. The Morgan fingerprint density at radius 2 is 1.86 bits per heavy atom. The number of ether oxygens (including phenoxy) is 1. The number of rotatable bonds is 11. The number of aromatic nitrogens is 2. The number of hydrogen-bond donors (Lipinski definition) is 1. The van der Waals surface area contributed by atoms with E-state index in [1.807, 2.05) is 43.3 Å². The number of imidazole rings is 1. The minimum atomic E-state index is -0.355. The quantitative estimate of drug-likeness (QED) is 0.247. The van der Waals surface area contributed by atoms with Crippen molar-refractivity contribution < 1.29 is 13.9 Å². The SMILES string of the molecule is Cc1cc(OCCCCn2c(CCCNC(=O)c3ccc(F)cc3)nc3ccccc32)ccc1Cl. The van der Waals surface area contributed by atoms with Crippen molar-refractivity contribution in [3.63, 3.8) is 0 Å². The van der Waals surface area contributed by atoms with E-state index in [4.69, 9.17) is 21.3 Å². The van der Waals surface area contributed by atoms with E-state index in [2.05, 4.69) is 16.0 Å². The molecule has 1 amide bonds. The number of carbonyl (C=O) groups is 1. The van der Waals surface area contributed by atoms with Crippen LogP contribution in [0.25, 0.3) is 11.0 Å². The highest BCUT2D eigenvalue weighted by molar-refractivity contribution is 6.31. The van der Waals surface area contributed by atoms with E-state index in [9.17, 15) is 9.18 Å². The van der Waals surface area contributed by atoms with Crippen LogP contribution in [0.4, 0.5) is 4.39 Å².